The van der Waals surface area contributed by atoms with E-state index in [1.54, 1.807) is 0 Å². The minimum Gasteiger partial charge on any atom is -0.623 e. The summed E-state index contributed by atoms with van der Waals surface area (Å²) in [6.07, 6.45) is 3.66. The molecule has 0 fully saturated rings. The molecule has 0 aliphatic carbocycles. The summed E-state index contributed by atoms with van der Waals surface area (Å²) in [5.74, 6) is 0. The first-order valence-corrected chi connectivity index (χ1v) is 7.56. The smallest absolute Gasteiger partial charge is 0.145 e. The van der Waals surface area contributed by atoms with E-state index in [0.717, 1.165) is 49.9 Å². The quantitative estimate of drug-likeness (QED) is 0.400. The van der Waals surface area contributed by atoms with Crippen molar-refractivity contribution in [3.63, 3.8) is 0 Å². The van der Waals surface area contributed by atoms with Gasteiger partial charge >= 0.3 is 0 Å². The maximum Gasteiger partial charge on any atom is 0.145 e. The van der Waals surface area contributed by atoms with Crippen LogP contribution in [0.3, 0.4) is 0 Å². The number of nitrogens with one attached hydrogen (secondary N) is 1. The first kappa shape index (κ1) is 12.7. The van der Waals surface area contributed by atoms with Gasteiger partial charge in [0.15, 0.2) is 0 Å². The average Bonchev–Trinajstić information content (AvgIpc) is 2.59. The lowest BCUT2D eigenvalue weighted by molar-refractivity contribution is -0.696. The molecule has 4 heteroatoms. The molecule has 23 heavy (non-hydrogen) atoms. The third-order valence-corrected chi connectivity index (χ3v) is 4.54. The third-order valence-electron chi connectivity index (χ3n) is 4.54. The number of benzene rings is 2. The van der Waals surface area contributed by atoms with Gasteiger partial charge in [-0.1, -0.05) is 18.2 Å². The van der Waals surface area contributed by atoms with Crippen LogP contribution in [0.1, 0.15) is 5.69 Å². The van der Waals surface area contributed by atoms with Crippen LogP contribution in [0.15, 0.2) is 54.9 Å². The van der Waals surface area contributed by atoms with E-state index >= 15 is 0 Å². The number of rotatable bonds is 0. The van der Waals surface area contributed by atoms with Gasteiger partial charge in [0.2, 0.25) is 0 Å². The van der Waals surface area contributed by atoms with Gasteiger partial charge < -0.3 is 10.3 Å². The molecule has 2 aromatic heterocycles. The first-order chi connectivity index (χ1) is 11.2. The second-order valence-electron chi connectivity index (χ2n) is 5.93. The van der Waals surface area contributed by atoms with Gasteiger partial charge in [-0.15, -0.1) is 0 Å². The molecule has 1 aliphatic heterocycles. The highest BCUT2D eigenvalue weighted by molar-refractivity contribution is 6.16. The fraction of sp³-hybridized carbons (Fsp3) is 0.0526. The highest BCUT2D eigenvalue weighted by atomic mass is 16.5. The SMILES string of the molecule is Cc1ccc2cc3c4c(cncc4c2n1)-c1ccccc1[NH+]3[O-]. The zero-order chi connectivity index (χ0) is 15.6. The van der Waals surface area contributed by atoms with Gasteiger partial charge in [-0.2, -0.15) is 0 Å². The molecule has 1 aliphatic rings. The summed E-state index contributed by atoms with van der Waals surface area (Å²) in [5.41, 5.74) is 5.32. The Hall–Kier alpha value is -2.82. The van der Waals surface area contributed by atoms with Gasteiger partial charge in [-0.05, 0) is 19.1 Å². The van der Waals surface area contributed by atoms with Gasteiger partial charge in [-0.25, -0.2) is 0 Å². The summed E-state index contributed by atoms with van der Waals surface area (Å²) in [6, 6.07) is 13.7. The molecule has 0 saturated carbocycles. The van der Waals surface area contributed by atoms with Crippen molar-refractivity contribution >= 4 is 33.1 Å². The summed E-state index contributed by atoms with van der Waals surface area (Å²) < 4.78 is 0. The molecule has 4 aromatic rings. The van der Waals surface area contributed by atoms with Crippen LogP contribution in [0.4, 0.5) is 11.4 Å². The Balaban J connectivity index is 2.04. The number of aryl methyl sites for hydroxylation is 1. The van der Waals surface area contributed by atoms with Gasteiger partial charge in [0.05, 0.1) is 10.9 Å². The van der Waals surface area contributed by atoms with E-state index in [0.29, 0.717) is 0 Å². The van der Waals surface area contributed by atoms with E-state index < -0.39 is 0 Å². The highest BCUT2D eigenvalue weighted by Gasteiger charge is 2.26. The average molecular weight is 299 g/mol. The summed E-state index contributed by atoms with van der Waals surface area (Å²) >= 11 is 0. The molecular weight excluding hydrogens is 286 g/mol. The Morgan fingerprint density at radius 1 is 0.957 bits per heavy atom. The first-order valence-electron chi connectivity index (χ1n) is 7.56. The number of fused-ring (bicyclic) bond motifs is 4. The molecule has 0 saturated heterocycles. The van der Waals surface area contributed by atoms with Crippen LogP contribution >= 0.6 is 0 Å². The van der Waals surface area contributed by atoms with Gasteiger partial charge in [0.25, 0.3) is 0 Å². The van der Waals surface area contributed by atoms with Crippen LogP contribution in [-0.2, 0) is 0 Å². The van der Waals surface area contributed by atoms with E-state index in [1.807, 2.05) is 61.8 Å². The molecule has 0 spiro atoms. The molecule has 5 rings (SSSR count). The third kappa shape index (κ3) is 1.62. The van der Waals surface area contributed by atoms with E-state index in [2.05, 4.69) is 9.97 Å². The van der Waals surface area contributed by atoms with E-state index in [9.17, 15) is 5.21 Å². The molecule has 1 unspecified atom stereocenters. The predicted molar refractivity (Wildman–Crippen MR) is 90.9 cm³/mol. The molecule has 1 N–H and O–H groups in total. The zero-order valence-electron chi connectivity index (χ0n) is 12.5. The van der Waals surface area contributed by atoms with Crippen molar-refractivity contribution in [1.82, 2.24) is 9.97 Å². The number of aromatic nitrogens is 2. The largest absolute Gasteiger partial charge is 0.623 e. The summed E-state index contributed by atoms with van der Waals surface area (Å²) in [4.78, 5) is 9.09. The topological polar surface area (TPSA) is 53.3 Å². The molecule has 2 aromatic carbocycles. The minimum atomic E-state index is 0.0757. The summed E-state index contributed by atoms with van der Waals surface area (Å²) in [5, 5.41) is 15.9. The van der Waals surface area contributed by atoms with Crippen LogP contribution < -0.4 is 5.06 Å². The zero-order valence-corrected chi connectivity index (χ0v) is 12.5. The van der Waals surface area contributed by atoms with Crippen molar-refractivity contribution in [2.24, 2.45) is 0 Å². The second-order valence-corrected chi connectivity index (χ2v) is 5.93. The summed E-state index contributed by atoms with van der Waals surface area (Å²) in [7, 11) is 0. The van der Waals surface area contributed by atoms with Crippen molar-refractivity contribution in [3.05, 3.63) is 65.8 Å². The van der Waals surface area contributed by atoms with Gasteiger partial charge in [-0.3, -0.25) is 9.97 Å². The molecule has 3 heterocycles. The molecule has 0 amide bonds. The van der Waals surface area contributed by atoms with Crippen molar-refractivity contribution in [2.45, 2.75) is 6.92 Å². The highest BCUT2D eigenvalue weighted by Crippen LogP contribution is 2.41. The number of nitrogens with zero attached hydrogens (tertiary/aromatic N) is 2. The van der Waals surface area contributed by atoms with Crippen molar-refractivity contribution in [2.75, 3.05) is 0 Å². The lowest BCUT2D eigenvalue weighted by atomic mass is 9.93. The number of hydrogen-bond acceptors (Lipinski definition) is 3. The number of pyridine rings is 2. The fourth-order valence-electron chi connectivity index (χ4n) is 3.50. The lowest BCUT2D eigenvalue weighted by Gasteiger charge is -2.30. The Labute approximate surface area is 132 Å². The standard InChI is InChI=1S/C19H13N3O/c1-11-6-7-12-8-17-18-14(9-20-10-15(18)19(12)21-11)13-4-2-3-5-16(13)22(17)23/h2-10,22H,1H3. The van der Waals surface area contributed by atoms with Crippen molar-refractivity contribution in [3.8, 4) is 11.1 Å². The molecule has 0 bridgehead atoms. The van der Waals surface area contributed by atoms with Crippen molar-refractivity contribution in [1.29, 1.82) is 0 Å². The number of hydrogen-bond donors (Lipinski definition) is 1. The van der Waals surface area contributed by atoms with E-state index in [-0.39, 0.29) is 5.06 Å². The van der Waals surface area contributed by atoms with Crippen LogP contribution in [0.5, 0.6) is 0 Å². The molecule has 110 valence electrons. The molecule has 0 radical (unpaired) electrons. The predicted octanol–water partition coefficient (Wildman–Crippen LogP) is 3.42. The van der Waals surface area contributed by atoms with Crippen LogP contribution in [0.2, 0.25) is 0 Å². The maximum absolute atomic E-state index is 13.0. The number of quaternary nitrogens is 1. The van der Waals surface area contributed by atoms with Crippen LogP contribution in [-0.4, -0.2) is 9.97 Å². The Bertz CT molecular complexity index is 1100. The Morgan fingerprint density at radius 3 is 2.74 bits per heavy atom. The fourth-order valence-corrected chi connectivity index (χ4v) is 3.50. The van der Waals surface area contributed by atoms with Gasteiger partial charge in [0.1, 0.15) is 11.4 Å². The molecule has 1 atom stereocenters. The normalized spacial score (nSPS) is 15.8. The Morgan fingerprint density at radius 2 is 1.83 bits per heavy atom. The van der Waals surface area contributed by atoms with E-state index in [1.165, 1.54) is 0 Å². The minimum absolute atomic E-state index is 0.0757. The Kier molecular flexibility index (Phi) is 2.40. The second kappa shape index (κ2) is 4.35. The van der Waals surface area contributed by atoms with Crippen molar-refractivity contribution < 1.29 is 5.06 Å². The molecular formula is C19H13N3O. The molecule has 4 nitrogen and oxygen atoms in total. The number of para-hydroxylation sites is 1. The summed E-state index contributed by atoms with van der Waals surface area (Å²) in [6.45, 7) is 1.97. The van der Waals surface area contributed by atoms with E-state index in [4.69, 9.17) is 0 Å². The van der Waals surface area contributed by atoms with Gasteiger partial charge in [0, 0.05) is 52.1 Å². The maximum atomic E-state index is 13.0. The van der Waals surface area contributed by atoms with Crippen LogP contribution in [0, 0.1) is 12.1 Å². The van der Waals surface area contributed by atoms with Crippen LogP contribution in [0.25, 0.3) is 32.8 Å². The lowest BCUT2D eigenvalue weighted by Crippen LogP contribution is -2.97. The monoisotopic (exact) mass is 299 g/mol.